The van der Waals surface area contributed by atoms with Crippen molar-refractivity contribution >= 4 is 9.39 Å². The Labute approximate surface area is 66.2 Å². The zero-order chi connectivity index (χ0) is 7.98. The smallest absolute Gasteiger partial charge is 0.0677 e. The Hall–Kier alpha value is 0.350. The first kappa shape index (κ1) is 10.3. The van der Waals surface area contributed by atoms with Crippen LogP contribution in [0.1, 0.15) is 20.8 Å². The van der Waals surface area contributed by atoms with E-state index in [1.807, 2.05) is 13.8 Å². The second-order valence-electron chi connectivity index (χ2n) is 2.18. The molecule has 62 valence electrons. The zero-order valence-corrected chi connectivity index (χ0v) is 8.29. The molecule has 0 aromatic carbocycles. The lowest BCUT2D eigenvalue weighted by Crippen LogP contribution is -2.34. The molecule has 0 aliphatic carbocycles. The van der Waals surface area contributed by atoms with Gasteiger partial charge in [0.25, 0.3) is 0 Å². The molecule has 0 spiro atoms. The Bertz CT molecular complexity index is 72.0. The van der Waals surface area contributed by atoms with Crippen LogP contribution in [0.3, 0.4) is 0 Å². The Balaban J connectivity index is 0.000000371. The summed E-state index contributed by atoms with van der Waals surface area (Å²) in [4.78, 5) is 0. The Morgan fingerprint density at radius 3 is 2.40 bits per heavy atom. The van der Waals surface area contributed by atoms with E-state index in [2.05, 4.69) is 21.0 Å². The standard InChI is InChI=1S/C5H12NOP.C2H6/c1-5-4-6(8)2-3-7-5;1-2/h5H,2-4,8H2,1H3;1-2H3. The van der Waals surface area contributed by atoms with Crippen molar-refractivity contribution in [2.24, 2.45) is 0 Å². The molecule has 0 saturated carbocycles. The van der Waals surface area contributed by atoms with Gasteiger partial charge < -0.3 is 4.74 Å². The van der Waals surface area contributed by atoms with Gasteiger partial charge in [-0.3, -0.25) is 4.67 Å². The van der Waals surface area contributed by atoms with Gasteiger partial charge in [0.1, 0.15) is 0 Å². The number of nitrogens with zero attached hydrogens (tertiary/aromatic N) is 1. The predicted octanol–water partition coefficient (Wildman–Crippen LogP) is 1.52. The van der Waals surface area contributed by atoms with Crippen LogP contribution < -0.4 is 0 Å². The first-order valence-corrected chi connectivity index (χ1v) is 4.42. The number of morpholine rings is 1. The molecule has 0 aromatic rings. The summed E-state index contributed by atoms with van der Waals surface area (Å²) < 4.78 is 7.50. The van der Waals surface area contributed by atoms with Gasteiger partial charge in [0.2, 0.25) is 0 Å². The van der Waals surface area contributed by atoms with E-state index >= 15 is 0 Å². The largest absolute Gasteiger partial charge is 0.376 e. The van der Waals surface area contributed by atoms with Gasteiger partial charge in [-0.25, -0.2) is 0 Å². The minimum absolute atomic E-state index is 0.418. The Morgan fingerprint density at radius 2 is 2.10 bits per heavy atom. The molecule has 2 unspecified atom stereocenters. The quantitative estimate of drug-likeness (QED) is 0.502. The summed E-state index contributed by atoms with van der Waals surface area (Å²) in [5, 5.41) is 0. The van der Waals surface area contributed by atoms with E-state index in [0.29, 0.717) is 6.10 Å². The van der Waals surface area contributed by atoms with Gasteiger partial charge in [-0.05, 0) is 6.92 Å². The third-order valence-electron chi connectivity index (χ3n) is 1.27. The van der Waals surface area contributed by atoms with E-state index in [4.69, 9.17) is 4.74 Å². The fourth-order valence-electron chi connectivity index (χ4n) is 0.845. The van der Waals surface area contributed by atoms with Gasteiger partial charge in [-0.15, -0.1) is 0 Å². The summed E-state index contributed by atoms with van der Waals surface area (Å²) >= 11 is 0. The summed E-state index contributed by atoms with van der Waals surface area (Å²) in [7, 11) is 2.68. The van der Waals surface area contributed by atoms with Gasteiger partial charge in [-0.1, -0.05) is 23.2 Å². The van der Waals surface area contributed by atoms with Gasteiger partial charge in [0.05, 0.1) is 12.7 Å². The van der Waals surface area contributed by atoms with Crippen LogP contribution in [0.25, 0.3) is 0 Å². The van der Waals surface area contributed by atoms with Gasteiger partial charge in [0, 0.05) is 13.1 Å². The molecule has 10 heavy (non-hydrogen) atoms. The molecule has 1 aliphatic heterocycles. The van der Waals surface area contributed by atoms with Crippen LogP contribution >= 0.6 is 9.39 Å². The number of rotatable bonds is 0. The van der Waals surface area contributed by atoms with Gasteiger partial charge in [-0.2, -0.15) is 0 Å². The van der Waals surface area contributed by atoms with Crippen molar-refractivity contribution in [2.75, 3.05) is 19.7 Å². The molecular weight excluding hydrogens is 145 g/mol. The average molecular weight is 163 g/mol. The summed E-state index contributed by atoms with van der Waals surface area (Å²) in [6, 6.07) is 0. The van der Waals surface area contributed by atoms with Crippen molar-refractivity contribution in [1.82, 2.24) is 4.67 Å². The molecule has 0 N–H and O–H groups in total. The van der Waals surface area contributed by atoms with E-state index < -0.39 is 0 Å². The molecule has 0 amide bonds. The van der Waals surface area contributed by atoms with Crippen molar-refractivity contribution in [2.45, 2.75) is 26.9 Å². The number of hydrogen-bond acceptors (Lipinski definition) is 2. The highest BCUT2D eigenvalue weighted by Gasteiger charge is 2.11. The summed E-state index contributed by atoms with van der Waals surface area (Å²) in [6.45, 7) is 9.07. The monoisotopic (exact) mass is 163 g/mol. The molecule has 2 nitrogen and oxygen atoms in total. The summed E-state index contributed by atoms with van der Waals surface area (Å²) in [6.07, 6.45) is 0.418. The third kappa shape index (κ3) is 4.21. The average Bonchev–Trinajstić information content (AvgIpc) is 1.91. The second kappa shape index (κ2) is 6.09. The van der Waals surface area contributed by atoms with Gasteiger partial charge in [0.15, 0.2) is 0 Å². The van der Waals surface area contributed by atoms with Crippen molar-refractivity contribution < 1.29 is 4.74 Å². The minimum Gasteiger partial charge on any atom is -0.376 e. The molecule has 1 heterocycles. The molecule has 0 bridgehead atoms. The highest BCUT2D eigenvalue weighted by atomic mass is 31.0. The first-order chi connectivity index (χ1) is 4.79. The van der Waals surface area contributed by atoms with E-state index in [1.165, 1.54) is 0 Å². The zero-order valence-electron chi connectivity index (χ0n) is 7.13. The van der Waals surface area contributed by atoms with Crippen LogP contribution in [0.5, 0.6) is 0 Å². The lowest BCUT2D eigenvalue weighted by Gasteiger charge is -2.26. The maximum absolute atomic E-state index is 5.29. The maximum Gasteiger partial charge on any atom is 0.0677 e. The van der Waals surface area contributed by atoms with Crippen LogP contribution in [0, 0.1) is 0 Å². The normalized spacial score (nSPS) is 27.0. The highest BCUT2D eigenvalue weighted by Crippen LogP contribution is 2.07. The van der Waals surface area contributed by atoms with E-state index in [9.17, 15) is 0 Å². The minimum atomic E-state index is 0.418. The van der Waals surface area contributed by atoms with Crippen LogP contribution in [0.2, 0.25) is 0 Å². The lowest BCUT2D eigenvalue weighted by atomic mass is 10.3. The molecule has 1 aliphatic rings. The molecule has 0 aromatic heterocycles. The highest BCUT2D eigenvalue weighted by molar-refractivity contribution is 7.13. The second-order valence-corrected chi connectivity index (χ2v) is 2.91. The van der Waals surface area contributed by atoms with E-state index in [1.54, 1.807) is 0 Å². The number of ether oxygens (including phenoxy) is 1. The summed E-state index contributed by atoms with van der Waals surface area (Å²) in [5.41, 5.74) is 0. The molecule has 0 radical (unpaired) electrons. The first-order valence-electron chi connectivity index (χ1n) is 3.90. The molecule has 3 heteroatoms. The fraction of sp³-hybridized carbons (Fsp3) is 1.00. The van der Waals surface area contributed by atoms with Crippen molar-refractivity contribution in [3.8, 4) is 0 Å². The van der Waals surface area contributed by atoms with Crippen molar-refractivity contribution in [3.05, 3.63) is 0 Å². The van der Waals surface area contributed by atoms with Crippen molar-refractivity contribution in [1.29, 1.82) is 0 Å². The summed E-state index contributed by atoms with van der Waals surface area (Å²) in [5.74, 6) is 0. The molecule has 1 rings (SSSR count). The Kier molecular flexibility index (Phi) is 6.30. The number of hydrogen-bond donors (Lipinski definition) is 0. The molecule has 2 atom stereocenters. The van der Waals surface area contributed by atoms with Crippen LogP contribution in [0.15, 0.2) is 0 Å². The van der Waals surface area contributed by atoms with Crippen molar-refractivity contribution in [3.63, 3.8) is 0 Å². The van der Waals surface area contributed by atoms with Crippen LogP contribution in [-0.2, 0) is 4.74 Å². The maximum atomic E-state index is 5.29. The third-order valence-corrected chi connectivity index (χ3v) is 1.74. The fourth-order valence-corrected chi connectivity index (χ4v) is 1.25. The lowest BCUT2D eigenvalue weighted by molar-refractivity contribution is 0.0131. The van der Waals surface area contributed by atoms with Gasteiger partial charge >= 0.3 is 0 Å². The van der Waals surface area contributed by atoms with E-state index in [-0.39, 0.29) is 0 Å². The Morgan fingerprint density at radius 1 is 1.50 bits per heavy atom. The molecular formula is C7H18NOP. The predicted molar refractivity (Wildman–Crippen MR) is 48.0 cm³/mol. The molecule has 1 fully saturated rings. The van der Waals surface area contributed by atoms with Crippen LogP contribution in [-0.4, -0.2) is 30.5 Å². The molecule has 1 saturated heterocycles. The van der Waals surface area contributed by atoms with E-state index in [0.717, 1.165) is 19.7 Å². The SMILES string of the molecule is CC.CC1CN(P)CCO1. The topological polar surface area (TPSA) is 12.5 Å². The van der Waals surface area contributed by atoms with Crippen LogP contribution in [0.4, 0.5) is 0 Å².